The molecule has 1 aromatic carbocycles. The first kappa shape index (κ1) is 10.4. The molecule has 4 heteroatoms. The highest BCUT2D eigenvalue weighted by atomic mass is 16.4. The summed E-state index contributed by atoms with van der Waals surface area (Å²) < 4.78 is 0. The Hall–Kier alpha value is -1.71. The number of hydrogen-bond donors (Lipinski definition) is 3. The first-order valence-corrected chi connectivity index (χ1v) is 4.11. The van der Waals surface area contributed by atoms with E-state index >= 15 is 0 Å². The zero-order valence-electron chi connectivity index (χ0n) is 7.98. The van der Waals surface area contributed by atoms with Crippen LogP contribution in [-0.2, 0) is 10.2 Å². The van der Waals surface area contributed by atoms with Crippen molar-refractivity contribution in [1.82, 2.24) is 0 Å². The molecule has 3 N–H and O–H groups in total. The fourth-order valence-electron chi connectivity index (χ4n) is 1.14. The Kier molecular flexibility index (Phi) is 2.38. The number of phenolic OH excluding ortho intramolecular Hbond substituents is 2. The van der Waals surface area contributed by atoms with E-state index in [0.29, 0.717) is 0 Å². The molecule has 0 heterocycles. The first-order chi connectivity index (χ1) is 6.35. The standard InChI is InChI=1S/C10H12O4/c1-10(2,9(13)14)7-5-6(11)3-4-8(7)12/h3-5,11-12H,1-2H3,(H,13,14). The van der Waals surface area contributed by atoms with Gasteiger partial charge in [0.2, 0.25) is 0 Å². The number of phenols is 2. The molecule has 0 aliphatic carbocycles. The molecule has 1 rings (SSSR count). The van der Waals surface area contributed by atoms with Gasteiger partial charge in [-0.3, -0.25) is 4.79 Å². The molecule has 0 saturated heterocycles. The molecule has 0 atom stereocenters. The zero-order valence-corrected chi connectivity index (χ0v) is 7.98. The predicted octanol–water partition coefficient (Wildman–Crippen LogP) is 1.46. The molecule has 0 spiro atoms. The number of carboxylic acids is 1. The maximum Gasteiger partial charge on any atom is 0.313 e. The molecule has 14 heavy (non-hydrogen) atoms. The van der Waals surface area contributed by atoms with Gasteiger partial charge in [-0.15, -0.1) is 0 Å². The summed E-state index contributed by atoms with van der Waals surface area (Å²) in [4.78, 5) is 10.9. The van der Waals surface area contributed by atoms with E-state index in [9.17, 15) is 15.0 Å². The van der Waals surface area contributed by atoms with E-state index in [1.54, 1.807) is 0 Å². The summed E-state index contributed by atoms with van der Waals surface area (Å²) in [6.45, 7) is 2.92. The molecule has 0 aromatic heterocycles. The molecular weight excluding hydrogens is 184 g/mol. The number of carboxylic acid groups (broad SMARTS) is 1. The molecule has 0 aliphatic rings. The van der Waals surface area contributed by atoms with E-state index in [1.807, 2.05) is 0 Å². The van der Waals surface area contributed by atoms with E-state index < -0.39 is 11.4 Å². The summed E-state index contributed by atoms with van der Waals surface area (Å²) in [5, 5.41) is 27.5. The number of carbonyl (C=O) groups is 1. The second-order valence-corrected chi connectivity index (χ2v) is 3.63. The Balaban J connectivity index is 3.31. The van der Waals surface area contributed by atoms with Crippen molar-refractivity contribution in [2.45, 2.75) is 19.3 Å². The molecule has 0 aliphatic heterocycles. The average Bonchev–Trinajstić information content (AvgIpc) is 2.08. The molecule has 0 fully saturated rings. The predicted molar refractivity (Wildman–Crippen MR) is 50.4 cm³/mol. The third kappa shape index (κ3) is 1.64. The number of hydrogen-bond acceptors (Lipinski definition) is 3. The van der Waals surface area contributed by atoms with E-state index in [0.717, 1.165) is 0 Å². The fraction of sp³-hybridized carbons (Fsp3) is 0.300. The van der Waals surface area contributed by atoms with Crippen LogP contribution < -0.4 is 0 Å². The SMILES string of the molecule is CC(C)(C(=O)O)c1cc(O)ccc1O. The summed E-state index contributed by atoms with van der Waals surface area (Å²) in [6, 6.07) is 3.83. The van der Waals surface area contributed by atoms with Gasteiger partial charge in [-0.25, -0.2) is 0 Å². The maximum atomic E-state index is 10.9. The minimum atomic E-state index is -1.22. The number of aliphatic carboxylic acids is 1. The van der Waals surface area contributed by atoms with E-state index in [-0.39, 0.29) is 17.1 Å². The van der Waals surface area contributed by atoms with Crippen LogP contribution in [0.3, 0.4) is 0 Å². The average molecular weight is 196 g/mol. The van der Waals surface area contributed by atoms with Gasteiger partial charge >= 0.3 is 5.97 Å². The lowest BCUT2D eigenvalue weighted by molar-refractivity contribution is -0.142. The molecule has 0 saturated carbocycles. The summed E-state index contributed by atoms with van der Waals surface area (Å²) in [5.74, 6) is -1.25. The second kappa shape index (κ2) is 3.21. The summed E-state index contributed by atoms with van der Waals surface area (Å²) in [5.41, 5.74) is -1.02. The van der Waals surface area contributed by atoms with Crippen LogP contribution in [0.25, 0.3) is 0 Å². The fourth-order valence-corrected chi connectivity index (χ4v) is 1.14. The van der Waals surface area contributed by atoms with E-state index in [2.05, 4.69) is 0 Å². The van der Waals surface area contributed by atoms with Gasteiger partial charge in [0.1, 0.15) is 11.5 Å². The van der Waals surface area contributed by atoms with Gasteiger partial charge < -0.3 is 15.3 Å². The summed E-state index contributed by atoms with van der Waals surface area (Å²) in [6.07, 6.45) is 0. The van der Waals surface area contributed by atoms with Gasteiger partial charge in [-0.2, -0.15) is 0 Å². The van der Waals surface area contributed by atoms with Gasteiger partial charge in [0.05, 0.1) is 5.41 Å². The molecule has 76 valence electrons. The van der Waals surface area contributed by atoms with Gasteiger partial charge in [0.25, 0.3) is 0 Å². The second-order valence-electron chi connectivity index (χ2n) is 3.63. The van der Waals surface area contributed by atoms with Crippen LogP contribution in [0.2, 0.25) is 0 Å². The minimum absolute atomic E-state index is 0.0628. The first-order valence-electron chi connectivity index (χ1n) is 4.11. The highest BCUT2D eigenvalue weighted by Gasteiger charge is 2.32. The Labute approximate surface area is 81.4 Å². The number of benzene rings is 1. The molecule has 4 nitrogen and oxygen atoms in total. The van der Waals surface area contributed by atoms with Crippen molar-refractivity contribution < 1.29 is 20.1 Å². The van der Waals surface area contributed by atoms with Crippen LogP contribution in [0, 0.1) is 0 Å². The summed E-state index contributed by atoms with van der Waals surface area (Å²) >= 11 is 0. The van der Waals surface area contributed by atoms with Crippen LogP contribution in [0.5, 0.6) is 11.5 Å². The van der Waals surface area contributed by atoms with E-state index in [4.69, 9.17) is 5.11 Å². The number of aromatic hydroxyl groups is 2. The molecule has 0 radical (unpaired) electrons. The summed E-state index contributed by atoms with van der Waals surface area (Å²) in [7, 11) is 0. The van der Waals surface area contributed by atoms with Crippen molar-refractivity contribution in [1.29, 1.82) is 0 Å². The van der Waals surface area contributed by atoms with Crippen LogP contribution in [0.1, 0.15) is 19.4 Å². The minimum Gasteiger partial charge on any atom is -0.508 e. The third-order valence-electron chi connectivity index (χ3n) is 2.19. The molecule has 0 amide bonds. The van der Waals surface area contributed by atoms with Crippen molar-refractivity contribution in [2.75, 3.05) is 0 Å². The quantitative estimate of drug-likeness (QED) is 0.626. The number of rotatable bonds is 2. The van der Waals surface area contributed by atoms with Crippen molar-refractivity contribution in [3.05, 3.63) is 23.8 Å². The largest absolute Gasteiger partial charge is 0.508 e. The lowest BCUT2D eigenvalue weighted by atomic mass is 9.84. The zero-order chi connectivity index (χ0) is 10.9. The van der Waals surface area contributed by atoms with Crippen LogP contribution in [0.4, 0.5) is 0 Å². The Bertz CT molecular complexity index is 368. The van der Waals surface area contributed by atoms with Crippen molar-refractivity contribution >= 4 is 5.97 Å². The highest BCUT2D eigenvalue weighted by Crippen LogP contribution is 2.33. The van der Waals surface area contributed by atoms with Crippen LogP contribution in [0.15, 0.2) is 18.2 Å². The van der Waals surface area contributed by atoms with Crippen molar-refractivity contribution in [3.8, 4) is 11.5 Å². The van der Waals surface area contributed by atoms with Gasteiger partial charge in [0, 0.05) is 5.56 Å². The van der Waals surface area contributed by atoms with Crippen LogP contribution >= 0.6 is 0 Å². The Morgan fingerprint density at radius 1 is 1.29 bits per heavy atom. The lowest BCUT2D eigenvalue weighted by Crippen LogP contribution is -2.28. The third-order valence-corrected chi connectivity index (χ3v) is 2.19. The molecule has 1 aromatic rings. The maximum absolute atomic E-state index is 10.9. The Morgan fingerprint density at radius 2 is 1.86 bits per heavy atom. The normalized spacial score (nSPS) is 11.3. The Morgan fingerprint density at radius 3 is 2.36 bits per heavy atom. The van der Waals surface area contributed by atoms with Gasteiger partial charge in [-0.05, 0) is 32.0 Å². The molecule has 0 bridgehead atoms. The highest BCUT2D eigenvalue weighted by molar-refractivity contribution is 5.81. The van der Waals surface area contributed by atoms with Gasteiger partial charge in [0.15, 0.2) is 0 Å². The monoisotopic (exact) mass is 196 g/mol. The van der Waals surface area contributed by atoms with Gasteiger partial charge in [-0.1, -0.05) is 0 Å². The molecular formula is C10H12O4. The van der Waals surface area contributed by atoms with Crippen LogP contribution in [-0.4, -0.2) is 21.3 Å². The topological polar surface area (TPSA) is 77.8 Å². The van der Waals surface area contributed by atoms with Crippen molar-refractivity contribution in [3.63, 3.8) is 0 Å². The van der Waals surface area contributed by atoms with Crippen molar-refractivity contribution in [2.24, 2.45) is 0 Å². The lowest BCUT2D eigenvalue weighted by Gasteiger charge is -2.20. The smallest absolute Gasteiger partial charge is 0.313 e. The van der Waals surface area contributed by atoms with E-state index in [1.165, 1.54) is 32.0 Å². The molecule has 0 unspecified atom stereocenters.